The zero-order chi connectivity index (χ0) is 29.3. The molecule has 0 saturated carbocycles. The number of pyridine rings is 1. The Labute approximate surface area is 237 Å². The van der Waals surface area contributed by atoms with Crippen molar-refractivity contribution in [3.05, 3.63) is 66.2 Å². The Morgan fingerprint density at radius 3 is 2.61 bits per heavy atom. The van der Waals surface area contributed by atoms with Crippen molar-refractivity contribution in [2.45, 2.75) is 45.8 Å². The smallest absolute Gasteiger partial charge is 0.408 e. The molecule has 41 heavy (non-hydrogen) atoms. The number of carbonyl (C=O) groups excluding carboxylic acids is 3. The highest BCUT2D eigenvalue weighted by Gasteiger charge is 2.26. The number of para-hydroxylation sites is 1. The van der Waals surface area contributed by atoms with E-state index in [1.807, 2.05) is 31.3 Å². The third-order valence-corrected chi connectivity index (χ3v) is 6.77. The van der Waals surface area contributed by atoms with E-state index in [2.05, 4.69) is 49.5 Å². The van der Waals surface area contributed by atoms with Gasteiger partial charge in [0.25, 0.3) is 0 Å². The fraction of sp³-hybridized carbons (Fsp3) is 0.300. The summed E-state index contributed by atoms with van der Waals surface area (Å²) in [5.41, 5.74) is 4.57. The highest BCUT2D eigenvalue weighted by Crippen LogP contribution is 2.38. The molecule has 1 aromatic heterocycles. The van der Waals surface area contributed by atoms with Crippen LogP contribution in [0.15, 0.2) is 55.0 Å². The summed E-state index contributed by atoms with van der Waals surface area (Å²) in [5.74, 6) is -0.0724. The first-order chi connectivity index (χ1) is 19.5. The van der Waals surface area contributed by atoms with Gasteiger partial charge in [-0.25, -0.2) is 14.8 Å². The van der Waals surface area contributed by atoms with Crippen molar-refractivity contribution >= 4 is 45.4 Å². The van der Waals surface area contributed by atoms with Crippen LogP contribution in [0.25, 0.3) is 33.2 Å². The number of anilines is 1. The third-order valence-electron chi connectivity index (χ3n) is 6.77. The molecule has 3 aromatic rings. The van der Waals surface area contributed by atoms with E-state index in [4.69, 9.17) is 9.72 Å². The minimum Gasteiger partial charge on any atom is -0.444 e. The van der Waals surface area contributed by atoms with Crippen LogP contribution in [-0.4, -0.2) is 55.6 Å². The molecule has 3 heterocycles. The molecule has 11 heteroatoms. The summed E-state index contributed by atoms with van der Waals surface area (Å²) in [6.07, 6.45) is 2.46. The van der Waals surface area contributed by atoms with Gasteiger partial charge in [0.1, 0.15) is 17.5 Å². The van der Waals surface area contributed by atoms with Crippen molar-refractivity contribution in [3.8, 4) is 11.4 Å². The lowest BCUT2D eigenvalue weighted by Crippen LogP contribution is -2.50. The second kappa shape index (κ2) is 10.9. The molecule has 0 fully saturated rings. The normalized spacial score (nSPS) is 12.4. The van der Waals surface area contributed by atoms with Gasteiger partial charge in [0.2, 0.25) is 11.8 Å². The molecule has 5 rings (SSSR count). The highest BCUT2D eigenvalue weighted by molar-refractivity contribution is 6.06. The number of carbonyl (C=O) groups is 3. The van der Waals surface area contributed by atoms with Gasteiger partial charge in [-0.2, -0.15) is 0 Å². The van der Waals surface area contributed by atoms with Gasteiger partial charge in [-0.1, -0.05) is 18.2 Å². The lowest BCUT2D eigenvalue weighted by Gasteiger charge is -2.23. The Kier molecular flexibility index (Phi) is 7.36. The first kappa shape index (κ1) is 27.6. The monoisotopic (exact) mass is 555 g/mol. The Morgan fingerprint density at radius 1 is 1.10 bits per heavy atom. The van der Waals surface area contributed by atoms with Crippen molar-refractivity contribution in [2.75, 3.05) is 11.9 Å². The first-order valence-corrected chi connectivity index (χ1v) is 13.3. The van der Waals surface area contributed by atoms with Crippen molar-refractivity contribution < 1.29 is 19.1 Å². The molecule has 1 atom stereocenters. The number of aromatic nitrogens is 4. The standard InChI is InChI=1S/C30H33N7O4/c1-17-20-8-6-7-9-24(20)37(5)27-26(17)21-12-18(10-11-22(21)35-27)34-25(38)15-32-28(39)23(13-19-14-31-16-33-19)36-29(40)41-30(2,3)4/h6-12,14,16,23H,13,15H2,1-5H3,(H,31,33)(H,32,39)(H,34,38)(H,36,40)/t23-/m0/s1. The maximum absolute atomic E-state index is 13.0. The summed E-state index contributed by atoms with van der Waals surface area (Å²) in [6, 6.07) is 12.8. The van der Waals surface area contributed by atoms with Gasteiger partial charge in [-0.05, 0) is 57.5 Å². The highest BCUT2D eigenvalue weighted by atomic mass is 16.6. The van der Waals surface area contributed by atoms with E-state index in [-0.39, 0.29) is 13.0 Å². The number of amides is 3. The van der Waals surface area contributed by atoms with Crippen LogP contribution in [-0.2, 0) is 27.8 Å². The van der Waals surface area contributed by atoms with Crippen LogP contribution < -0.4 is 16.0 Å². The molecule has 2 aliphatic rings. The van der Waals surface area contributed by atoms with Crippen molar-refractivity contribution in [2.24, 2.45) is 7.05 Å². The summed E-state index contributed by atoms with van der Waals surface area (Å²) < 4.78 is 7.38. The predicted octanol–water partition coefficient (Wildman–Crippen LogP) is 4.05. The van der Waals surface area contributed by atoms with Crippen molar-refractivity contribution in [3.63, 3.8) is 0 Å². The van der Waals surface area contributed by atoms with Gasteiger partial charge in [-0.3, -0.25) is 9.59 Å². The minimum atomic E-state index is -0.977. The molecule has 0 unspecified atom stereocenters. The summed E-state index contributed by atoms with van der Waals surface area (Å²) in [6.45, 7) is 6.99. The van der Waals surface area contributed by atoms with Crippen LogP contribution in [0, 0.1) is 6.92 Å². The Balaban J connectivity index is 1.29. The molecule has 0 aliphatic carbocycles. The summed E-state index contributed by atoms with van der Waals surface area (Å²) >= 11 is 0. The first-order valence-electron chi connectivity index (χ1n) is 13.3. The number of hydrogen-bond acceptors (Lipinski definition) is 6. The number of aryl methyl sites for hydroxylation is 2. The Bertz CT molecular complexity index is 1720. The topological polar surface area (TPSA) is 143 Å². The van der Waals surface area contributed by atoms with Crippen LogP contribution in [0.2, 0.25) is 0 Å². The van der Waals surface area contributed by atoms with Crippen molar-refractivity contribution in [1.29, 1.82) is 0 Å². The summed E-state index contributed by atoms with van der Waals surface area (Å²) in [4.78, 5) is 49.9. The SMILES string of the molecule is Cc1c2c3cc(NC(=O)CNC(=O)[C@H](Cc4cnc[nH]4)NC(=O)OC(C)(C)C)ccc3nc-2n(C)c2ccccc12. The quantitative estimate of drug-likeness (QED) is 0.239. The van der Waals surface area contributed by atoms with Crippen LogP contribution in [0.1, 0.15) is 32.0 Å². The van der Waals surface area contributed by atoms with E-state index >= 15 is 0 Å². The van der Waals surface area contributed by atoms with Gasteiger partial charge >= 0.3 is 6.09 Å². The molecule has 3 amide bonds. The largest absolute Gasteiger partial charge is 0.444 e. The average Bonchev–Trinajstić information content (AvgIpc) is 3.57. The second-order valence-electron chi connectivity index (χ2n) is 11.0. The van der Waals surface area contributed by atoms with Gasteiger partial charge in [0.05, 0.1) is 18.4 Å². The van der Waals surface area contributed by atoms with Crippen LogP contribution in [0.5, 0.6) is 0 Å². The summed E-state index contributed by atoms with van der Waals surface area (Å²) in [5, 5.41) is 10.1. The molecule has 0 saturated heterocycles. The second-order valence-corrected chi connectivity index (χ2v) is 11.0. The van der Waals surface area contributed by atoms with Crippen LogP contribution in [0.3, 0.4) is 0 Å². The van der Waals surface area contributed by atoms with Crippen molar-refractivity contribution in [1.82, 2.24) is 30.2 Å². The number of aromatic amines is 1. The molecule has 212 valence electrons. The molecule has 2 aliphatic heterocycles. The van der Waals surface area contributed by atoms with Crippen LogP contribution in [0.4, 0.5) is 10.5 Å². The molecular formula is C30H33N7O4. The number of benzene rings is 2. The van der Waals surface area contributed by atoms with Crippen LogP contribution >= 0.6 is 0 Å². The van der Waals surface area contributed by atoms with E-state index in [0.29, 0.717) is 11.4 Å². The van der Waals surface area contributed by atoms with E-state index in [9.17, 15) is 14.4 Å². The molecule has 0 bridgehead atoms. The number of rotatable bonds is 7. The number of H-pyrrole nitrogens is 1. The molecular weight excluding hydrogens is 522 g/mol. The number of fused-ring (bicyclic) bond motifs is 4. The fourth-order valence-corrected chi connectivity index (χ4v) is 4.92. The van der Waals surface area contributed by atoms with E-state index in [1.54, 1.807) is 33.0 Å². The fourth-order valence-electron chi connectivity index (χ4n) is 4.92. The molecule has 11 nitrogen and oxygen atoms in total. The number of nitrogens with zero attached hydrogens (tertiary/aromatic N) is 3. The van der Waals surface area contributed by atoms with Gasteiger partial charge in [0, 0.05) is 52.9 Å². The number of ether oxygens (including phenoxy) is 1. The van der Waals surface area contributed by atoms with E-state index in [0.717, 1.165) is 38.8 Å². The predicted molar refractivity (Wildman–Crippen MR) is 157 cm³/mol. The van der Waals surface area contributed by atoms with E-state index < -0.39 is 29.6 Å². The zero-order valence-electron chi connectivity index (χ0n) is 23.7. The Morgan fingerprint density at radius 2 is 1.88 bits per heavy atom. The van der Waals surface area contributed by atoms with Gasteiger partial charge < -0.3 is 30.2 Å². The maximum atomic E-state index is 13.0. The zero-order valence-corrected chi connectivity index (χ0v) is 23.7. The number of imidazole rings is 1. The minimum absolute atomic E-state index is 0.145. The molecule has 2 aromatic carbocycles. The third kappa shape index (κ3) is 5.98. The Hall–Kier alpha value is -4.93. The maximum Gasteiger partial charge on any atom is 0.408 e. The van der Waals surface area contributed by atoms with Gasteiger partial charge in [0.15, 0.2) is 0 Å². The lowest BCUT2D eigenvalue weighted by molar-refractivity contribution is -0.125. The van der Waals surface area contributed by atoms with E-state index in [1.165, 1.54) is 6.33 Å². The summed E-state index contributed by atoms with van der Waals surface area (Å²) in [7, 11) is 2.00. The molecule has 0 spiro atoms. The number of alkyl carbamates (subject to hydrolysis) is 1. The number of nitrogens with one attached hydrogen (secondary N) is 4. The molecule has 4 N–H and O–H groups in total. The average molecular weight is 556 g/mol. The number of hydrogen-bond donors (Lipinski definition) is 4. The molecule has 0 radical (unpaired) electrons. The van der Waals surface area contributed by atoms with Gasteiger partial charge in [-0.15, -0.1) is 0 Å². The lowest BCUT2D eigenvalue weighted by atomic mass is 10.00.